The van der Waals surface area contributed by atoms with Gasteiger partial charge in [0.15, 0.2) is 0 Å². The molecular formula is C16H21FN2OS. The molecule has 0 radical (unpaired) electrons. The second kappa shape index (κ2) is 6.54. The fraction of sp³-hybridized carbons (Fsp3) is 0.438. The molecule has 0 aliphatic heterocycles. The second-order valence-corrected chi connectivity index (χ2v) is 6.76. The Morgan fingerprint density at radius 3 is 2.71 bits per heavy atom. The molecule has 1 aromatic carbocycles. The van der Waals surface area contributed by atoms with Gasteiger partial charge in [-0.2, -0.15) is 0 Å². The Bertz CT molecular complexity index is 651. The maximum Gasteiger partial charge on any atom is 0.261 e. The molecule has 3 N–H and O–H groups in total. The molecular weight excluding hydrogens is 287 g/mol. The Labute approximate surface area is 128 Å². The van der Waals surface area contributed by atoms with Crippen molar-refractivity contribution >= 4 is 27.3 Å². The lowest BCUT2D eigenvalue weighted by Gasteiger charge is -2.18. The molecule has 0 bridgehead atoms. The standard InChI is InChI=1S/C16H21FN2OS/c1-9(2)7-11(8-18)19-16(20)15-10(3)14-12(17)5-4-6-13(14)21-15/h4-6,9,11H,7-8,18H2,1-3H3,(H,19,20). The van der Waals surface area contributed by atoms with E-state index in [0.717, 1.165) is 11.1 Å². The smallest absolute Gasteiger partial charge is 0.261 e. The van der Waals surface area contributed by atoms with Crippen LogP contribution in [0.4, 0.5) is 4.39 Å². The molecule has 114 valence electrons. The number of benzene rings is 1. The van der Waals surface area contributed by atoms with E-state index in [9.17, 15) is 9.18 Å². The fourth-order valence-corrected chi connectivity index (χ4v) is 3.63. The van der Waals surface area contributed by atoms with E-state index in [1.165, 1.54) is 17.4 Å². The first-order chi connectivity index (χ1) is 9.93. The van der Waals surface area contributed by atoms with Crippen LogP contribution >= 0.6 is 11.3 Å². The Morgan fingerprint density at radius 2 is 2.14 bits per heavy atom. The lowest BCUT2D eigenvalue weighted by molar-refractivity contribution is 0.0937. The van der Waals surface area contributed by atoms with Gasteiger partial charge in [-0.3, -0.25) is 4.79 Å². The Balaban J connectivity index is 2.27. The summed E-state index contributed by atoms with van der Waals surface area (Å²) in [4.78, 5) is 13.0. The van der Waals surface area contributed by atoms with Crippen molar-refractivity contribution in [2.45, 2.75) is 33.2 Å². The summed E-state index contributed by atoms with van der Waals surface area (Å²) >= 11 is 1.32. The highest BCUT2D eigenvalue weighted by Crippen LogP contribution is 2.32. The number of thiophene rings is 1. The summed E-state index contributed by atoms with van der Waals surface area (Å²) in [6, 6.07) is 4.87. The highest BCUT2D eigenvalue weighted by molar-refractivity contribution is 7.21. The molecule has 2 rings (SSSR count). The van der Waals surface area contributed by atoms with Crippen molar-refractivity contribution in [2.75, 3.05) is 6.54 Å². The largest absolute Gasteiger partial charge is 0.347 e. The van der Waals surface area contributed by atoms with Gasteiger partial charge in [-0.25, -0.2) is 4.39 Å². The minimum Gasteiger partial charge on any atom is -0.347 e. The molecule has 1 unspecified atom stereocenters. The van der Waals surface area contributed by atoms with Crippen LogP contribution < -0.4 is 11.1 Å². The van der Waals surface area contributed by atoms with E-state index in [1.807, 2.05) is 6.07 Å². The normalized spacial score (nSPS) is 12.9. The molecule has 0 aliphatic rings. The maximum absolute atomic E-state index is 13.9. The van der Waals surface area contributed by atoms with E-state index in [2.05, 4.69) is 19.2 Å². The molecule has 3 nitrogen and oxygen atoms in total. The van der Waals surface area contributed by atoms with Crippen molar-refractivity contribution < 1.29 is 9.18 Å². The number of halogens is 1. The Hall–Kier alpha value is -1.46. The summed E-state index contributed by atoms with van der Waals surface area (Å²) in [6.07, 6.45) is 0.834. The molecule has 2 aromatic rings. The quantitative estimate of drug-likeness (QED) is 0.889. The number of rotatable bonds is 5. The predicted octanol–water partition coefficient (Wildman–Crippen LogP) is 3.45. The van der Waals surface area contributed by atoms with Crippen molar-refractivity contribution in [3.8, 4) is 0 Å². The first-order valence-corrected chi connectivity index (χ1v) is 7.94. The third-order valence-electron chi connectivity index (χ3n) is 3.48. The zero-order valence-corrected chi connectivity index (χ0v) is 13.4. The number of amides is 1. The summed E-state index contributed by atoms with van der Waals surface area (Å²) in [5.41, 5.74) is 6.41. The SMILES string of the molecule is Cc1c(C(=O)NC(CN)CC(C)C)sc2cccc(F)c12. The van der Waals surface area contributed by atoms with Crippen LogP contribution in [-0.2, 0) is 0 Å². The van der Waals surface area contributed by atoms with Crippen LogP contribution in [0.3, 0.4) is 0 Å². The van der Waals surface area contributed by atoms with Crippen LogP contribution in [0.25, 0.3) is 10.1 Å². The van der Waals surface area contributed by atoms with E-state index in [-0.39, 0.29) is 17.8 Å². The predicted molar refractivity (Wildman–Crippen MR) is 86.3 cm³/mol. The van der Waals surface area contributed by atoms with Crippen LogP contribution in [-0.4, -0.2) is 18.5 Å². The lowest BCUT2D eigenvalue weighted by atomic mass is 10.0. The zero-order valence-electron chi connectivity index (χ0n) is 12.6. The van der Waals surface area contributed by atoms with E-state index in [1.54, 1.807) is 13.0 Å². The lowest BCUT2D eigenvalue weighted by Crippen LogP contribution is -2.40. The third kappa shape index (κ3) is 3.41. The minimum absolute atomic E-state index is 0.0491. The molecule has 0 spiro atoms. The maximum atomic E-state index is 13.9. The van der Waals surface area contributed by atoms with Crippen LogP contribution in [0.15, 0.2) is 18.2 Å². The van der Waals surface area contributed by atoms with Crippen molar-refractivity contribution in [3.05, 3.63) is 34.5 Å². The molecule has 1 atom stereocenters. The fourth-order valence-electron chi connectivity index (χ4n) is 2.50. The number of nitrogens with one attached hydrogen (secondary N) is 1. The third-order valence-corrected chi connectivity index (χ3v) is 4.74. The molecule has 0 fully saturated rings. The summed E-state index contributed by atoms with van der Waals surface area (Å²) < 4.78 is 14.7. The van der Waals surface area contributed by atoms with Crippen LogP contribution in [0.1, 0.15) is 35.5 Å². The van der Waals surface area contributed by atoms with Crippen molar-refractivity contribution in [3.63, 3.8) is 0 Å². The van der Waals surface area contributed by atoms with Gasteiger partial charge in [0.25, 0.3) is 5.91 Å². The number of aryl methyl sites for hydroxylation is 1. The number of carbonyl (C=O) groups is 1. The zero-order chi connectivity index (χ0) is 15.6. The minimum atomic E-state index is -0.280. The molecule has 5 heteroatoms. The van der Waals surface area contributed by atoms with Gasteiger partial charge in [0, 0.05) is 22.7 Å². The highest BCUT2D eigenvalue weighted by atomic mass is 32.1. The summed E-state index contributed by atoms with van der Waals surface area (Å²) in [5, 5.41) is 3.50. The Kier molecular flexibility index (Phi) is 4.96. The summed E-state index contributed by atoms with van der Waals surface area (Å²) in [7, 11) is 0. The molecule has 1 amide bonds. The number of carbonyl (C=O) groups excluding carboxylic acids is 1. The van der Waals surface area contributed by atoms with Crippen molar-refractivity contribution in [1.29, 1.82) is 0 Å². The number of fused-ring (bicyclic) bond motifs is 1. The Morgan fingerprint density at radius 1 is 1.43 bits per heavy atom. The average molecular weight is 308 g/mol. The van der Waals surface area contributed by atoms with Gasteiger partial charge in [-0.15, -0.1) is 11.3 Å². The van der Waals surface area contributed by atoms with Crippen LogP contribution in [0.2, 0.25) is 0 Å². The van der Waals surface area contributed by atoms with Crippen molar-refractivity contribution in [1.82, 2.24) is 5.32 Å². The van der Waals surface area contributed by atoms with E-state index in [0.29, 0.717) is 28.3 Å². The van der Waals surface area contributed by atoms with E-state index < -0.39 is 0 Å². The van der Waals surface area contributed by atoms with Gasteiger partial charge in [0.2, 0.25) is 0 Å². The topological polar surface area (TPSA) is 55.1 Å². The van der Waals surface area contributed by atoms with Crippen LogP contribution in [0, 0.1) is 18.7 Å². The molecule has 0 saturated heterocycles. The second-order valence-electron chi connectivity index (χ2n) is 5.70. The molecule has 1 aromatic heterocycles. The number of hydrogen-bond donors (Lipinski definition) is 2. The average Bonchev–Trinajstić information content (AvgIpc) is 2.76. The van der Waals surface area contributed by atoms with Gasteiger partial charge in [0.05, 0.1) is 4.88 Å². The molecule has 0 saturated carbocycles. The summed E-state index contributed by atoms with van der Waals surface area (Å²) in [6.45, 7) is 6.38. The first kappa shape index (κ1) is 15.9. The molecule has 1 heterocycles. The van der Waals surface area contributed by atoms with Crippen molar-refractivity contribution in [2.24, 2.45) is 11.7 Å². The molecule has 21 heavy (non-hydrogen) atoms. The first-order valence-electron chi connectivity index (χ1n) is 7.12. The van der Waals surface area contributed by atoms with E-state index in [4.69, 9.17) is 5.73 Å². The van der Waals surface area contributed by atoms with Gasteiger partial charge < -0.3 is 11.1 Å². The van der Waals surface area contributed by atoms with Gasteiger partial charge in [0.1, 0.15) is 5.82 Å². The van der Waals surface area contributed by atoms with Crippen LogP contribution in [0.5, 0.6) is 0 Å². The molecule has 0 aliphatic carbocycles. The monoisotopic (exact) mass is 308 g/mol. The number of nitrogens with two attached hydrogens (primary N) is 1. The van der Waals surface area contributed by atoms with Gasteiger partial charge >= 0.3 is 0 Å². The highest BCUT2D eigenvalue weighted by Gasteiger charge is 2.20. The summed E-state index contributed by atoms with van der Waals surface area (Å²) in [5.74, 6) is 0.0156. The van der Waals surface area contributed by atoms with Gasteiger partial charge in [-0.1, -0.05) is 19.9 Å². The van der Waals surface area contributed by atoms with Gasteiger partial charge in [-0.05, 0) is 37.0 Å². The number of hydrogen-bond acceptors (Lipinski definition) is 3. The van der Waals surface area contributed by atoms with E-state index >= 15 is 0 Å².